The van der Waals surface area contributed by atoms with Gasteiger partial charge >= 0.3 is 0 Å². The first-order valence-electron chi connectivity index (χ1n) is 13.9. The van der Waals surface area contributed by atoms with Crippen molar-refractivity contribution in [3.63, 3.8) is 0 Å². The third-order valence-corrected chi connectivity index (χ3v) is 11.4. The molecule has 4 fully saturated rings. The summed E-state index contributed by atoms with van der Waals surface area (Å²) in [7, 11) is 0. The highest BCUT2D eigenvalue weighted by Crippen LogP contribution is 2.78. The second kappa shape index (κ2) is 8.62. The molecule has 2 bridgehead atoms. The Bertz CT molecular complexity index is 879. The molecule has 1 aromatic carbocycles. The number of rotatable bonds is 6. The fraction of sp³-hybridized carbons (Fsp3) is 0.688. The molecule has 0 spiro atoms. The number of fused-ring (bicyclic) bond motifs is 4. The molecule has 1 nitrogen and oxygen atoms in total. The molecule has 0 heterocycles. The van der Waals surface area contributed by atoms with Crippen LogP contribution in [0.4, 0.5) is 0 Å². The van der Waals surface area contributed by atoms with E-state index in [-0.39, 0.29) is 0 Å². The molecule has 7 atom stereocenters. The van der Waals surface area contributed by atoms with Crippen LogP contribution >= 0.6 is 0 Å². The summed E-state index contributed by atoms with van der Waals surface area (Å²) in [6.07, 6.45) is 18.5. The lowest BCUT2D eigenvalue weighted by Crippen LogP contribution is -2.59. The molecule has 1 aromatic rings. The molecule has 33 heavy (non-hydrogen) atoms. The third-order valence-electron chi connectivity index (χ3n) is 11.4. The smallest absolute Gasteiger partial charge is 0.112 e. The Morgan fingerprint density at radius 2 is 1.82 bits per heavy atom. The van der Waals surface area contributed by atoms with Gasteiger partial charge < -0.3 is 4.74 Å². The molecule has 0 aromatic heterocycles. The maximum atomic E-state index is 7.12. The summed E-state index contributed by atoms with van der Waals surface area (Å²) in [5.74, 6) is 3.89. The molecule has 4 aliphatic rings. The summed E-state index contributed by atoms with van der Waals surface area (Å²) in [5.41, 5.74) is 2.43. The first-order chi connectivity index (χ1) is 15.9. The van der Waals surface area contributed by atoms with E-state index in [9.17, 15) is 0 Å². The standard InChI is InChI=1S/C32H46O/c1-6-32-20-19-23(2)28(32)29(33-25(4)17-18-26-13-9-7-10-14-26)31(27-15-11-8-12-16-27)21-24(3)30(32,5)22-31/h7,9-10,13-14,17-18,23-24,27-29H,4,6,8,11-12,15-16,19-22H2,1-3,5H3/b18-17+/t23?,24?,28?,29-,30?,31?,32?/m0/s1. The quantitative estimate of drug-likeness (QED) is 0.313. The van der Waals surface area contributed by atoms with Crippen LogP contribution in [0.1, 0.15) is 97.5 Å². The van der Waals surface area contributed by atoms with Crippen molar-refractivity contribution in [3.8, 4) is 0 Å². The van der Waals surface area contributed by atoms with Gasteiger partial charge in [0.15, 0.2) is 0 Å². The zero-order chi connectivity index (χ0) is 23.3. The minimum atomic E-state index is 0.323. The van der Waals surface area contributed by atoms with Gasteiger partial charge in [0.05, 0.1) is 0 Å². The molecule has 1 heteroatoms. The van der Waals surface area contributed by atoms with Crippen LogP contribution in [-0.2, 0) is 4.74 Å². The van der Waals surface area contributed by atoms with Gasteiger partial charge in [0.25, 0.3) is 0 Å². The van der Waals surface area contributed by atoms with Gasteiger partial charge in [0.2, 0.25) is 0 Å². The second-order valence-corrected chi connectivity index (χ2v) is 12.6. The van der Waals surface area contributed by atoms with Gasteiger partial charge in [-0.05, 0) is 85.2 Å². The highest BCUT2D eigenvalue weighted by molar-refractivity contribution is 5.51. The lowest BCUT2D eigenvalue weighted by molar-refractivity contribution is -0.179. The Morgan fingerprint density at radius 3 is 2.52 bits per heavy atom. The summed E-state index contributed by atoms with van der Waals surface area (Å²) >= 11 is 0. The van der Waals surface area contributed by atoms with E-state index in [2.05, 4.69) is 76.8 Å². The average molecular weight is 447 g/mol. The van der Waals surface area contributed by atoms with Crippen molar-refractivity contribution in [1.29, 1.82) is 0 Å². The molecule has 6 unspecified atom stereocenters. The van der Waals surface area contributed by atoms with Crippen molar-refractivity contribution in [2.45, 2.75) is 98.0 Å². The van der Waals surface area contributed by atoms with Crippen molar-refractivity contribution < 1.29 is 4.74 Å². The van der Waals surface area contributed by atoms with Gasteiger partial charge in [-0.25, -0.2) is 0 Å². The molecule has 0 aliphatic heterocycles. The lowest BCUT2D eigenvalue weighted by Gasteiger charge is -2.61. The largest absolute Gasteiger partial charge is 0.490 e. The summed E-state index contributed by atoms with van der Waals surface area (Å²) < 4.78 is 7.12. The first kappa shape index (κ1) is 23.3. The van der Waals surface area contributed by atoms with Crippen LogP contribution in [0.15, 0.2) is 48.7 Å². The van der Waals surface area contributed by atoms with E-state index in [1.54, 1.807) is 0 Å². The van der Waals surface area contributed by atoms with Gasteiger partial charge in [-0.2, -0.15) is 0 Å². The molecule has 4 aliphatic carbocycles. The summed E-state index contributed by atoms with van der Waals surface area (Å²) in [6.45, 7) is 14.7. The minimum Gasteiger partial charge on any atom is -0.490 e. The molecular weight excluding hydrogens is 400 g/mol. The fourth-order valence-corrected chi connectivity index (χ4v) is 9.78. The van der Waals surface area contributed by atoms with Gasteiger partial charge in [0.1, 0.15) is 11.9 Å². The second-order valence-electron chi connectivity index (χ2n) is 12.6. The summed E-state index contributed by atoms with van der Waals surface area (Å²) in [6, 6.07) is 10.6. The van der Waals surface area contributed by atoms with Gasteiger partial charge in [-0.3, -0.25) is 0 Å². The van der Waals surface area contributed by atoms with Gasteiger partial charge in [0, 0.05) is 11.3 Å². The fourth-order valence-electron chi connectivity index (χ4n) is 9.78. The van der Waals surface area contributed by atoms with Crippen LogP contribution in [0, 0.1) is 39.9 Å². The summed E-state index contributed by atoms with van der Waals surface area (Å²) in [5, 5.41) is 0. The zero-order valence-electron chi connectivity index (χ0n) is 21.6. The van der Waals surface area contributed by atoms with E-state index >= 15 is 0 Å². The maximum absolute atomic E-state index is 7.12. The van der Waals surface area contributed by atoms with Crippen molar-refractivity contribution in [2.24, 2.45) is 39.9 Å². The highest BCUT2D eigenvalue weighted by atomic mass is 16.5. The normalized spacial score (nSPS) is 43.0. The van der Waals surface area contributed by atoms with Crippen molar-refractivity contribution in [2.75, 3.05) is 0 Å². The Balaban J connectivity index is 1.53. The number of hydrogen-bond donors (Lipinski definition) is 0. The number of ether oxygens (including phenoxy) is 1. The molecule has 0 radical (unpaired) electrons. The minimum absolute atomic E-state index is 0.323. The van der Waals surface area contributed by atoms with E-state index < -0.39 is 0 Å². The molecule has 0 saturated heterocycles. The van der Waals surface area contributed by atoms with Gasteiger partial charge in [-0.15, -0.1) is 0 Å². The first-order valence-corrected chi connectivity index (χ1v) is 13.9. The van der Waals surface area contributed by atoms with Crippen LogP contribution in [0.25, 0.3) is 6.08 Å². The lowest BCUT2D eigenvalue weighted by atomic mass is 9.45. The third kappa shape index (κ3) is 3.47. The number of allylic oxidation sites excluding steroid dienone is 1. The monoisotopic (exact) mass is 446 g/mol. The maximum Gasteiger partial charge on any atom is 0.112 e. The summed E-state index contributed by atoms with van der Waals surface area (Å²) in [4.78, 5) is 0. The van der Waals surface area contributed by atoms with Crippen LogP contribution in [0.5, 0.6) is 0 Å². The van der Waals surface area contributed by atoms with Gasteiger partial charge in [-0.1, -0.05) is 89.9 Å². The van der Waals surface area contributed by atoms with E-state index in [1.165, 1.54) is 69.8 Å². The number of hydrogen-bond acceptors (Lipinski definition) is 1. The van der Waals surface area contributed by atoms with Crippen LogP contribution in [0.3, 0.4) is 0 Å². The molecule has 0 amide bonds. The predicted molar refractivity (Wildman–Crippen MR) is 140 cm³/mol. The van der Waals surface area contributed by atoms with E-state index in [4.69, 9.17) is 4.74 Å². The Morgan fingerprint density at radius 1 is 1.09 bits per heavy atom. The van der Waals surface area contributed by atoms with E-state index in [0.29, 0.717) is 28.3 Å². The molecule has 180 valence electrons. The topological polar surface area (TPSA) is 9.23 Å². The highest BCUT2D eigenvalue weighted by Gasteiger charge is 2.74. The van der Waals surface area contributed by atoms with Crippen molar-refractivity contribution in [3.05, 3.63) is 54.3 Å². The molecule has 0 N–H and O–H groups in total. The van der Waals surface area contributed by atoms with Crippen molar-refractivity contribution in [1.82, 2.24) is 0 Å². The molecular formula is C32H46O. The van der Waals surface area contributed by atoms with Crippen LogP contribution in [-0.4, -0.2) is 6.10 Å². The number of benzene rings is 1. The SMILES string of the molecule is C=C(/C=C/c1ccccc1)O[C@H]1C2C(C)CCC2(CC)C2(C)CC1(C1CCCCC1)CC2C. The predicted octanol–water partition coefficient (Wildman–Crippen LogP) is 9.06. The molecule has 4 saturated carbocycles. The molecule has 5 rings (SSSR count). The van der Waals surface area contributed by atoms with E-state index in [1.807, 2.05) is 0 Å². The zero-order valence-corrected chi connectivity index (χ0v) is 21.6. The van der Waals surface area contributed by atoms with Crippen LogP contribution < -0.4 is 0 Å². The van der Waals surface area contributed by atoms with Crippen LogP contribution in [0.2, 0.25) is 0 Å². The Kier molecular flexibility index (Phi) is 6.07. The Labute approximate surface area is 203 Å². The van der Waals surface area contributed by atoms with E-state index in [0.717, 1.165) is 23.5 Å². The van der Waals surface area contributed by atoms with Crippen molar-refractivity contribution >= 4 is 6.08 Å². The Hall–Kier alpha value is -1.50. The average Bonchev–Trinajstić information content (AvgIpc) is 3.31.